The van der Waals surface area contributed by atoms with Gasteiger partial charge in [0.1, 0.15) is 5.69 Å². The van der Waals surface area contributed by atoms with E-state index in [0.717, 1.165) is 16.4 Å². The summed E-state index contributed by atoms with van der Waals surface area (Å²) < 4.78 is 5.31. The van der Waals surface area contributed by atoms with Crippen LogP contribution >= 0.6 is 0 Å². The Hall–Kier alpha value is -3.46. The molecule has 1 saturated heterocycles. The summed E-state index contributed by atoms with van der Waals surface area (Å²) in [4.78, 5) is 26.6. The number of benzene rings is 1. The maximum absolute atomic E-state index is 12.7. The highest BCUT2D eigenvalue weighted by atomic mass is 16.5. The monoisotopic (exact) mass is 363 g/mol. The van der Waals surface area contributed by atoms with E-state index >= 15 is 0 Å². The van der Waals surface area contributed by atoms with E-state index in [2.05, 4.69) is 25.1 Å². The van der Waals surface area contributed by atoms with Crippen molar-refractivity contribution in [2.45, 2.75) is 0 Å². The number of imidazole rings is 1. The molecule has 0 spiro atoms. The smallest absolute Gasteiger partial charge is 0.254 e. The van der Waals surface area contributed by atoms with Crippen LogP contribution in [0, 0.1) is 0 Å². The van der Waals surface area contributed by atoms with Crippen LogP contribution in [0.2, 0.25) is 0 Å². The minimum Gasteiger partial charge on any atom is -0.397 e. The van der Waals surface area contributed by atoms with Gasteiger partial charge in [0.25, 0.3) is 5.91 Å². The van der Waals surface area contributed by atoms with Gasteiger partial charge < -0.3 is 20.4 Å². The quantitative estimate of drug-likeness (QED) is 0.496. The van der Waals surface area contributed by atoms with Crippen LogP contribution in [0.4, 0.5) is 5.69 Å². The number of aromatic amines is 2. The summed E-state index contributed by atoms with van der Waals surface area (Å²) in [6.07, 6.45) is 1.58. The molecule has 4 aromatic rings. The summed E-state index contributed by atoms with van der Waals surface area (Å²) in [5.41, 5.74) is 9.84. The first-order valence-corrected chi connectivity index (χ1v) is 8.66. The van der Waals surface area contributed by atoms with Crippen molar-refractivity contribution in [1.82, 2.24) is 30.0 Å². The molecule has 5 rings (SSSR count). The number of nitrogen functional groups attached to an aromatic ring is 1. The van der Waals surface area contributed by atoms with Gasteiger partial charge in [-0.05, 0) is 24.3 Å². The van der Waals surface area contributed by atoms with Crippen LogP contribution in [0.5, 0.6) is 0 Å². The van der Waals surface area contributed by atoms with Crippen molar-refractivity contribution in [2.75, 3.05) is 32.0 Å². The molecule has 0 unspecified atom stereocenters. The van der Waals surface area contributed by atoms with Crippen LogP contribution < -0.4 is 5.73 Å². The predicted molar refractivity (Wildman–Crippen MR) is 100 cm³/mol. The molecule has 0 aliphatic carbocycles. The third-order valence-electron chi connectivity index (χ3n) is 4.69. The molecule has 9 heteroatoms. The van der Waals surface area contributed by atoms with Gasteiger partial charge in [-0.3, -0.25) is 9.89 Å². The van der Waals surface area contributed by atoms with Crippen molar-refractivity contribution >= 4 is 33.7 Å². The number of amides is 1. The molecule has 9 nitrogen and oxygen atoms in total. The van der Waals surface area contributed by atoms with Gasteiger partial charge in [-0.15, -0.1) is 0 Å². The summed E-state index contributed by atoms with van der Waals surface area (Å²) in [6.45, 7) is 2.37. The highest BCUT2D eigenvalue weighted by Gasteiger charge is 2.20. The Morgan fingerprint density at radius 3 is 2.93 bits per heavy atom. The number of carbonyl (C=O) groups excluding carboxylic acids is 1. The number of nitrogens with zero attached hydrogens (tertiary/aromatic N) is 4. The zero-order valence-electron chi connectivity index (χ0n) is 14.4. The molecule has 1 aliphatic rings. The summed E-state index contributed by atoms with van der Waals surface area (Å²) >= 11 is 0. The Morgan fingerprint density at radius 2 is 2.07 bits per heavy atom. The molecule has 4 N–H and O–H groups in total. The van der Waals surface area contributed by atoms with E-state index in [1.807, 2.05) is 18.2 Å². The van der Waals surface area contributed by atoms with Crippen LogP contribution in [0.15, 0.2) is 30.5 Å². The van der Waals surface area contributed by atoms with Gasteiger partial charge in [0.2, 0.25) is 0 Å². The van der Waals surface area contributed by atoms with Crippen LogP contribution in [0.1, 0.15) is 10.4 Å². The Balaban J connectivity index is 1.53. The number of morpholine rings is 1. The SMILES string of the molecule is Nc1cnc2[nH]nc(-c3nc4ccc(C(=O)N5CCOCC5)cc4[nH]3)c2c1. The Kier molecular flexibility index (Phi) is 3.54. The molecule has 1 amide bonds. The van der Waals surface area contributed by atoms with E-state index in [9.17, 15) is 4.79 Å². The number of nitrogens with two attached hydrogens (primary N) is 1. The van der Waals surface area contributed by atoms with Crippen molar-refractivity contribution in [2.24, 2.45) is 0 Å². The third kappa shape index (κ3) is 2.68. The number of H-pyrrole nitrogens is 2. The van der Waals surface area contributed by atoms with Gasteiger partial charge in [0.05, 0.1) is 41.5 Å². The third-order valence-corrected chi connectivity index (χ3v) is 4.69. The zero-order valence-corrected chi connectivity index (χ0v) is 14.4. The molecule has 4 heterocycles. The molecule has 0 atom stereocenters. The standard InChI is InChI=1S/C18H17N7O2/c19-11-8-12-15(23-24-16(12)20-9-11)17-21-13-2-1-10(7-14(13)22-17)18(26)25-3-5-27-6-4-25/h1-2,7-9H,3-6,19H2,(H,21,22)(H,20,23,24). The fourth-order valence-electron chi connectivity index (χ4n) is 3.30. The lowest BCUT2D eigenvalue weighted by molar-refractivity contribution is 0.0303. The van der Waals surface area contributed by atoms with Gasteiger partial charge in [0, 0.05) is 18.7 Å². The van der Waals surface area contributed by atoms with Gasteiger partial charge in [-0.25, -0.2) is 9.97 Å². The second-order valence-corrected chi connectivity index (χ2v) is 6.46. The van der Waals surface area contributed by atoms with E-state index in [1.54, 1.807) is 17.2 Å². The van der Waals surface area contributed by atoms with Crippen LogP contribution in [0.25, 0.3) is 33.6 Å². The largest absolute Gasteiger partial charge is 0.397 e. The zero-order chi connectivity index (χ0) is 18.4. The van der Waals surface area contributed by atoms with Gasteiger partial charge in [-0.1, -0.05) is 0 Å². The number of fused-ring (bicyclic) bond motifs is 2. The van der Waals surface area contributed by atoms with E-state index < -0.39 is 0 Å². The van der Waals surface area contributed by atoms with Gasteiger partial charge >= 0.3 is 0 Å². The lowest BCUT2D eigenvalue weighted by Gasteiger charge is -2.26. The molecule has 3 aromatic heterocycles. The van der Waals surface area contributed by atoms with E-state index in [-0.39, 0.29) is 5.91 Å². The molecular formula is C18H17N7O2. The number of aromatic nitrogens is 5. The highest BCUT2D eigenvalue weighted by Crippen LogP contribution is 2.27. The Labute approximate surface area is 153 Å². The number of carbonyl (C=O) groups is 1. The molecule has 1 fully saturated rings. The second-order valence-electron chi connectivity index (χ2n) is 6.46. The maximum atomic E-state index is 12.7. The summed E-state index contributed by atoms with van der Waals surface area (Å²) in [6, 6.07) is 7.27. The topological polar surface area (TPSA) is 126 Å². The van der Waals surface area contributed by atoms with Crippen LogP contribution in [-0.2, 0) is 4.74 Å². The first-order valence-electron chi connectivity index (χ1n) is 8.66. The van der Waals surface area contributed by atoms with Crippen molar-refractivity contribution < 1.29 is 9.53 Å². The Morgan fingerprint density at radius 1 is 1.22 bits per heavy atom. The average molecular weight is 363 g/mol. The van der Waals surface area contributed by atoms with Crippen molar-refractivity contribution in [3.8, 4) is 11.5 Å². The highest BCUT2D eigenvalue weighted by molar-refractivity contribution is 5.98. The average Bonchev–Trinajstić information content (AvgIpc) is 3.30. The normalized spacial score (nSPS) is 14.9. The number of ether oxygens (including phenoxy) is 1. The van der Waals surface area contributed by atoms with Gasteiger partial charge in [-0.2, -0.15) is 5.10 Å². The number of rotatable bonds is 2. The van der Waals surface area contributed by atoms with Crippen molar-refractivity contribution in [3.63, 3.8) is 0 Å². The molecule has 27 heavy (non-hydrogen) atoms. The summed E-state index contributed by atoms with van der Waals surface area (Å²) in [5.74, 6) is 0.596. The fraction of sp³-hybridized carbons (Fsp3) is 0.222. The molecular weight excluding hydrogens is 346 g/mol. The minimum atomic E-state index is -0.00135. The lowest BCUT2D eigenvalue weighted by atomic mass is 10.1. The first kappa shape index (κ1) is 15.8. The fourth-order valence-corrected chi connectivity index (χ4v) is 3.30. The number of anilines is 1. The lowest BCUT2D eigenvalue weighted by Crippen LogP contribution is -2.40. The van der Waals surface area contributed by atoms with E-state index in [0.29, 0.717) is 54.7 Å². The van der Waals surface area contributed by atoms with E-state index in [4.69, 9.17) is 10.5 Å². The molecule has 1 aliphatic heterocycles. The summed E-state index contributed by atoms with van der Waals surface area (Å²) in [7, 11) is 0. The van der Waals surface area contributed by atoms with Crippen molar-refractivity contribution in [1.29, 1.82) is 0 Å². The van der Waals surface area contributed by atoms with Crippen LogP contribution in [0.3, 0.4) is 0 Å². The van der Waals surface area contributed by atoms with Crippen LogP contribution in [-0.4, -0.2) is 62.3 Å². The van der Waals surface area contributed by atoms with Gasteiger partial charge in [0.15, 0.2) is 11.5 Å². The number of pyridine rings is 1. The second kappa shape index (κ2) is 6.06. The maximum Gasteiger partial charge on any atom is 0.254 e. The van der Waals surface area contributed by atoms with E-state index in [1.165, 1.54) is 0 Å². The summed E-state index contributed by atoms with van der Waals surface area (Å²) in [5, 5.41) is 7.98. The Bertz CT molecular complexity index is 1160. The first-order chi connectivity index (χ1) is 13.2. The number of nitrogens with one attached hydrogen (secondary N) is 2. The molecule has 0 bridgehead atoms. The molecule has 0 radical (unpaired) electrons. The molecule has 136 valence electrons. The minimum absolute atomic E-state index is 0.00135. The number of hydrogen-bond acceptors (Lipinski definition) is 6. The molecule has 0 saturated carbocycles. The molecule has 1 aromatic carbocycles. The number of hydrogen-bond donors (Lipinski definition) is 3. The van der Waals surface area contributed by atoms with Crippen molar-refractivity contribution in [3.05, 3.63) is 36.0 Å². The predicted octanol–water partition coefficient (Wildman–Crippen LogP) is 1.56.